The second-order valence-corrected chi connectivity index (χ2v) is 5.24. The molecule has 1 N–H and O–H groups in total. The number of hydrogen-bond acceptors (Lipinski definition) is 7. The van der Waals surface area contributed by atoms with E-state index >= 15 is 0 Å². The minimum Gasteiger partial charge on any atom is -0.495 e. The molecular formula is C17H17N5O3. The Morgan fingerprint density at radius 3 is 2.60 bits per heavy atom. The summed E-state index contributed by atoms with van der Waals surface area (Å²) < 4.78 is 10.7. The molecule has 0 aliphatic heterocycles. The van der Waals surface area contributed by atoms with Crippen LogP contribution in [-0.4, -0.2) is 33.2 Å². The van der Waals surface area contributed by atoms with Crippen LogP contribution in [0.5, 0.6) is 5.75 Å². The molecule has 8 nitrogen and oxygen atoms in total. The fraction of sp³-hybridized carbons (Fsp3) is 0.235. The maximum atomic E-state index is 12.4. The lowest BCUT2D eigenvalue weighted by Crippen LogP contribution is -2.14. The van der Waals surface area contributed by atoms with Crippen molar-refractivity contribution in [2.24, 2.45) is 0 Å². The van der Waals surface area contributed by atoms with E-state index in [-0.39, 0.29) is 5.91 Å². The highest BCUT2D eigenvalue weighted by Crippen LogP contribution is 2.30. The highest BCUT2D eigenvalue weighted by atomic mass is 16.5. The highest BCUT2D eigenvalue weighted by molar-refractivity contribution is 6.04. The molecule has 25 heavy (non-hydrogen) atoms. The van der Waals surface area contributed by atoms with Crippen LogP contribution in [0.1, 0.15) is 29.0 Å². The summed E-state index contributed by atoms with van der Waals surface area (Å²) in [4.78, 5) is 20.7. The number of anilines is 1. The maximum Gasteiger partial charge on any atom is 0.258 e. The van der Waals surface area contributed by atoms with Crippen molar-refractivity contribution in [2.45, 2.75) is 20.3 Å². The van der Waals surface area contributed by atoms with Crippen molar-refractivity contribution in [3.05, 3.63) is 47.9 Å². The molecule has 3 rings (SSSR count). The lowest BCUT2D eigenvalue weighted by molar-refractivity contribution is 0.102. The van der Waals surface area contributed by atoms with Gasteiger partial charge in [0.2, 0.25) is 11.8 Å². The van der Waals surface area contributed by atoms with Crippen LogP contribution in [0, 0.1) is 6.92 Å². The van der Waals surface area contributed by atoms with Crippen molar-refractivity contribution >= 4 is 11.6 Å². The molecule has 8 heteroatoms. The van der Waals surface area contributed by atoms with E-state index in [9.17, 15) is 4.79 Å². The van der Waals surface area contributed by atoms with Gasteiger partial charge in [0, 0.05) is 31.3 Å². The van der Waals surface area contributed by atoms with Crippen molar-refractivity contribution in [1.29, 1.82) is 0 Å². The molecule has 0 saturated carbocycles. The summed E-state index contributed by atoms with van der Waals surface area (Å²) in [6.07, 6.45) is 3.71. The minimum absolute atomic E-state index is 0.334. The van der Waals surface area contributed by atoms with Gasteiger partial charge in [0.15, 0.2) is 0 Å². The number of methoxy groups -OCH3 is 1. The van der Waals surface area contributed by atoms with E-state index in [1.165, 1.54) is 19.5 Å². The second kappa shape index (κ2) is 7.08. The van der Waals surface area contributed by atoms with E-state index in [1.807, 2.05) is 6.92 Å². The highest BCUT2D eigenvalue weighted by Gasteiger charge is 2.14. The van der Waals surface area contributed by atoms with E-state index < -0.39 is 0 Å². The summed E-state index contributed by atoms with van der Waals surface area (Å²) in [5.74, 6) is 1.69. The fourth-order valence-corrected chi connectivity index (χ4v) is 2.20. The van der Waals surface area contributed by atoms with E-state index in [0.717, 1.165) is 0 Å². The van der Waals surface area contributed by atoms with Gasteiger partial charge in [-0.1, -0.05) is 6.92 Å². The Balaban J connectivity index is 1.88. The number of aryl methyl sites for hydroxylation is 2. The van der Waals surface area contributed by atoms with Crippen molar-refractivity contribution in [1.82, 2.24) is 20.2 Å². The molecule has 0 spiro atoms. The molecule has 0 atom stereocenters. The minimum atomic E-state index is -0.334. The Bertz CT molecular complexity index is 890. The smallest absolute Gasteiger partial charge is 0.258 e. The lowest BCUT2D eigenvalue weighted by atomic mass is 10.1. The number of nitrogens with one attached hydrogen (secondary N) is 1. The summed E-state index contributed by atoms with van der Waals surface area (Å²) in [5.41, 5.74) is 1.52. The number of rotatable bonds is 5. The van der Waals surface area contributed by atoms with Gasteiger partial charge in [-0.05, 0) is 18.2 Å². The first-order valence-corrected chi connectivity index (χ1v) is 7.71. The molecule has 3 aromatic rings. The van der Waals surface area contributed by atoms with Crippen LogP contribution >= 0.6 is 0 Å². The molecule has 128 valence electrons. The summed E-state index contributed by atoms with van der Waals surface area (Å²) in [6.45, 7) is 3.66. The van der Waals surface area contributed by atoms with Crippen LogP contribution in [0.15, 0.2) is 35.0 Å². The van der Waals surface area contributed by atoms with Gasteiger partial charge in [-0.15, -0.1) is 10.2 Å². The first kappa shape index (κ1) is 16.6. The summed E-state index contributed by atoms with van der Waals surface area (Å²) in [5, 5.41) is 10.6. The van der Waals surface area contributed by atoms with Gasteiger partial charge in [0.05, 0.1) is 18.4 Å². The zero-order valence-electron chi connectivity index (χ0n) is 14.1. The monoisotopic (exact) mass is 339 g/mol. The van der Waals surface area contributed by atoms with Crippen LogP contribution in [-0.2, 0) is 6.42 Å². The Labute approximate surface area is 144 Å². The Morgan fingerprint density at radius 2 is 2.00 bits per heavy atom. The summed E-state index contributed by atoms with van der Waals surface area (Å²) >= 11 is 0. The molecule has 2 heterocycles. The quantitative estimate of drug-likeness (QED) is 0.762. The zero-order chi connectivity index (χ0) is 17.8. The first-order valence-electron chi connectivity index (χ1n) is 7.71. The number of carbonyl (C=O) groups is 1. The molecule has 0 saturated heterocycles. The number of aromatic nitrogens is 4. The molecule has 2 aromatic heterocycles. The number of carbonyl (C=O) groups excluding carboxylic acids is 1. The van der Waals surface area contributed by atoms with Crippen LogP contribution in [0.2, 0.25) is 0 Å². The standard InChI is InChI=1S/C17H17N5O3/c1-4-15-18-8-12(9-19-15)16(23)20-13-7-11(5-6-14(13)24-3)17-22-21-10(2)25-17/h5-9H,4H2,1-3H3,(H,20,23). The van der Waals surface area contributed by atoms with E-state index in [1.54, 1.807) is 25.1 Å². The van der Waals surface area contributed by atoms with Crippen LogP contribution in [0.3, 0.4) is 0 Å². The average molecular weight is 339 g/mol. The predicted octanol–water partition coefficient (Wildman–Crippen LogP) is 2.66. The second-order valence-electron chi connectivity index (χ2n) is 5.24. The van der Waals surface area contributed by atoms with Crippen molar-refractivity contribution < 1.29 is 13.9 Å². The molecule has 1 amide bonds. The number of nitrogens with zero attached hydrogens (tertiary/aromatic N) is 4. The molecule has 1 aromatic carbocycles. The van der Waals surface area contributed by atoms with Crippen molar-refractivity contribution in [3.8, 4) is 17.2 Å². The van der Waals surface area contributed by atoms with Crippen LogP contribution in [0.4, 0.5) is 5.69 Å². The topological polar surface area (TPSA) is 103 Å². The molecule has 0 aliphatic rings. The summed E-state index contributed by atoms with van der Waals surface area (Å²) in [6, 6.07) is 5.21. The van der Waals surface area contributed by atoms with Crippen molar-refractivity contribution in [2.75, 3.05) is 12.4 Å². The third-order valence-corrected chi connectivity index (χ3v) is 3.50. The van der Waals surface area contributed by atoms with E-state index in [2.05, 4.69) is 25.5 Å². The summed E-state index contributed by atoms with van der Waals surface area (Å²) in [7, 11) is 1.53. The number of benzene rings is 1. The van der Waals surface area contributed by atoms with Crippen LogP contribution < -0.4 is 10.1 Å². The Kier molecular flexibility index (Phi) is 4.69. The first-order chi connectivity index (χ1) is 12.1. The maximum absolute atomic E-state index is 12.4. The fourth-order valence-electron chi connectivity index (χ4n) is 2.20. The molecule has 0 fully saturated rings. The molecule has 0 aliphatic carbocycles. The van der Waals surface area contributed by atoms with Gasteiger partial charge < -0.3 is 14.5 Å². The normalized spacial score (nSPS) is 10.5. The molecule has 0 radical (unpaired) electrons. The van der Waals surface area contributed by atoms with E-state index in [4.69, 9.17) is 9.15 Å². The molecule has 0 unspecified atom stereocenters. The Hall–Kier alpha value is -3.29. The van der Waals surface area contributed by atoms with Gasteiger partial charge >= 0.3 is 0 Å². The van der Waals surface area contributed by atoms with Crippen molar-refractivity contribution in [3.63, 3.8) is 0 Å². The number of hydrogen-bond donors (Lipinski definition) is 1. The average Bonchev–Trinajstić information content (AvgIpc) is 3.08. The molecular weight excluding hydrogens is 322 g/mol. The van der Waals surface area contributed by atoms with Gasteiger partial charge in [-0.3, -0.25) is 4.79 Å². The molecule has 0 bridgehead atoms. The van der Waals surface area contributed by atoms with E-state index in [0.29, 0.717) is 46.6 Å². The van der Waals surface area contributed by atoms with Gasteiger partial charge in [-0.25, -0.2) is 9.97 Å². The number of amides is 1. The largest absolute Gasteiger partial charge is 0.495 e. The SMILES string of the molecule is CCc1ncc(C(=O)Nc2cc(-c3nnc(C)o3)ccc2OC)cn1. The zero-order valence-corrected chi connectivity index (χ0v) is 14.1. The van der Waals surface area contributed by atoms with Gasteiger partial charge in [0.25, 0.3) is 5.91 Å². The third kappa shape index (κ3) is 3.63. The predicted molar refractivity (Wildman–Crippen MR) is 90.4 cm³/mol. The van der Waals surface area contributed by atoms with Crippen LogP contribution in [0.25, 0.3) is 11.5 Å². The number of ether oxygens (including phenoxy) is 1. The van der Waals surface area contributed by atoms with Gasteiger partial charge in [0.1, 0.15) is 11.6 Å². The lowest BCUT2D eigenvalue weighted by Gasteiger charge is -2.11. The van der Waals surface area contributed by atoms with Gasteiger partial charge in [-0.2, -0.15) is 0 Å². The Morgan fingerprint density at radius 1 is 1.24 bits per heavy atom. The third-order valence-electron chi connectivity index (χ3n) is 3.50.